The molecule has 0 aliphatic heterocycles. The molecule has 0 fully saturated rings. The maximum Gasteiger partial charge on any atom is 0.320 e. The summed E-state index contributed by atoms with van der Waals surface area (Å²) in [6, 6.07) is -1.88. The number of amides is 4. The van der Waals surface area contributed by atoms with Gasteiger partial charge in [0.1, 0.15) is 0 Å². The van der Waals surface area contributed by atoms with Gasteiger partial charge in [-0.05, 0) is 0 Å². The number of hydrogen-bond acceptors (Lipinski definition) is 4. The van der Waals surface area contributed by atoms with Crippen LogP contribution in [0.25, 0.3) is 0 Å². The van der Waals surface area contributed by atoms with E-state index >= 15 is 0 Å². The Balaban J connectivity index is 0.000000223. The molecule has 1 aromatic heterocycles. The first-order valence-electron chi connectivity index (χ1n) is 3.19. The molecule has 0 aliphatic rings. The van der Waals surface area contributed by atoms with Gasteiger partial charge in [-0.25, -0.2) is 9.59 Å². The molecule has 13 heavy (non-hydrogen) atoms. The molecule has 70 valence electrons. The summed E-state index contributed by atoms with van der Waals surface area (Å²) >= 11 is 0. The molecule has 0 aromatic carbocycles. The fraction of sp³-hybridized carbons (Fsp3) is 0. The fourth-order valence-corrected chi connectivity index (χ4v) is 0.375. The molecule has 0 bridgehead atoms. The van der Waals surface area contributed by atoms with Gasteiger partial charge in [0.05, 0.1) is 0 Å². The number of nitrogens with one attached hydrogen (secondary N) is 1. The number of nitrogens with zero attached hydrogens (tertiary/aromatic N) is 2. The Morgan fingerprint density at radius 3 is 1.31 bits per heavy atom. The SMILES string of the molecule is NC(=O)NC(N)=O.c1cnccn1. The van der Waals surface area contributed by atoms with Gasteiger partial charge in [-0.15, -0.1) is 0 Å². The number of rotatable bonds is 0. The molecule has 7 heteroatoms. The molecular weight excluding hydrogens is 174 g/mol. The van der Waals surface area contributed by atoms with Crippen molar-refractivity contribution in [2.45, 2.75) is 0 Å². The van der Waals surface area contributed by atoms with Crippen LogP contribution >= 0.6 is 0 Å². The summed E-state index contributed by atoms with van der Waals surface area (Å²) in [7, 11) is 0. The van der Waals surface area contributed by atoms with Gasteiger partial charge >= 0.3 is 12.1 Å². The molecule has 0 atom stereocenters. The van der Waals surface area contributed by atoms with E-state index in [1.807, 2.05) is 0 Å². The average Bonchev–Trinajstić information content (AvgIpc) is 2.06. The van der Waals surface area contributed by atoms with Crippen LogP contribution in [0.1, 0.15) is 0 Å². The van der Waals surface area contributed by atoms with Crippen LogP contribution in [-0.4, -0.2) is 22.0 Å². The van der Waals surface area contributed by atoms with Crippen molar-refractivity contribution in [3.05, 3.63) is 24.8 Å². The first kappa shape index (κ1) is 10.8. The van der Waals surface area contributed by atoms with E-state index in [4.69, 9.17) is 0 Å². The first-order valence-corrected chi connectivity index (χ1v) is 3.19. The lowest BCUT2D eigenvalue weighted by atomic mass is 10.8. The zero-order chi connectivity index (χ0) is 10.1. The summed E-state index contributed by atoms with van der Waals surface area (Å²) in [5.41, 5.74) is 8.88. The third kappa shape index (κ3) is 9.82. The van der Waals surface area contributed by atoms with Gasteiger partial charge in [0.2, 0.25) is 0 Å². The van der Waals surface area contributed by atoms with Crippen molar-refractivity contribution in [2.24, 2.45) is 11.5 Å². The van der Waals surface area contributed by atoms with Gasteiger partial charge in [0, 0.05) is 24.8 Å². The lowest BCUT2D eigenvalue weighted by Crippen LogP contribution is -2.38. The highest BCUT2D eigenvalue weighted by molar-refractivity contribution is 5.91. The number of urea groups is 2. The van der Waals surface area contributed by atoms with E-state index in [1.54, 1.807) is 30.1 Å². The molecule has 1 aromatic rings. The molecule has 7 nitrogen and oxygen atoms in total. The fourth-order valence-electron chi connectivity index (χ4n) is 0.375. The maximum atomic E-state index is 9.62. The van der Waals surface area contributed by atoms with Crippen molar-refractivity contribution in [3.8, 4) is 0 Å². The Hall–Kier alpha value is -2.18. The third-order valence-corrected chi connectivity index (χ3v) is 0.724. The molecule has 0 unspecified atom stereocenters. The van der Waals surface area contributed by atoms with Crippen molar-refractivity contribution in [3.63, 3.8) is 0 Å². The third-order valence-electron chi connectivity index (χ3n) is 0.724. The lowest BCUT2D eigenvalue weighted by molar-refractivity contribution is 0.236. The highest BCUT2D eigenvalue weighted by Crippen LogP contribution is 1.65. The van der Waals surface area contributed by atoms with Crippen LogP contribution in [0.3, 0.4) is 0 Å². The van der Waals surface area contributed by atoms with E-state index in [-0.39, 0.29) is 0 Å². The number of nitrogens with two attached hydrogens (primary N) is 2. The Bertz CT molecular complexity index is 224. The molecule has 0 saturated heterocycles. The van der Waals surface area contributed by atoms with E-state index < -0.39 is 12.1 Å². The summed E-state index contributed by atoms with van der Waals surface area (Å²) < 4.78 is 0. The second-order valence-electron chi connectivity index (χ2n) is 1.75. The lowest BCUT2D eigenvalue weighted by Gasteiger charge is -1.88. The van der Waals surface area contributed by atoms with Crippen molar-refractivity contribution in [1.82, 2.24) is 15.3 Å². The van der Waals surface area contributed by atoms with E-state index in [1.165, 1.54) is 0 Å². The molecule has 4 amide bonds. The standard InChI is InChI=1S/C4H4N2.C2H5N3O2/c1-2-6-4-3-5-1;3-1(6)5-2(4)7/h1-4H;(H5,3,4,5,6,7). The monoisotopic (exact) mass is 183 g/mol. The van der Waals surface area contributed by atoms with Crippen LogP contribution < -0.4 is 16.8 Å². The van der Waals surface area contributed by atoms with Crippen molar-refractivity contribution in [1.29, 1.82) is 0 Å². The Morgan fingerprint density at radius 1 is 0.923 bits per heavy atom. The summed E-state index contributed by atoms with van der Waals surface area (Å²) in [6.07, 6.45) is 6.56. The van der Waals surface area contributed by atoms with Crippen molar-refractivity contribution in [2.75, 3.05) is 0 Å². The van der Waals surface area contributed by atoms with Gasteiger partial charge in [0.15, 0.2) is 0 Å². The largest absolute Gasteiger partial charge is 0.351 e. The minimum atomic E-state index is -0.938. The molecular formula is C6H9N5O2. The minimum absolute atomic E-state index is 0.937. The van der Waals surface area contributed by atoms with Crippen LogP contribution in [-0.2, 0) is 0 Å². The minimum Gasteiger partial charge on any atom is -0.351 e. The Kier molecular flexibility index (Phi) is 5.43. The van der Waals surface area contributed by atoms with E-state index in [0.29, 0.717) is 0 Å². The number of aromatic nitrogens is 2. The number of carbonyl (C=O) groups is 2. The van der Waals surface area contributed by atoms with Gasteiger partial charge in [-0.1, -0.05) is 0 Å². The summed E-state index contributed by atoms with van der Waals surface area (Å²) in [6.45, 7) is 0. The number of primary amides is 2. The Labute approximate surface area is 74.2 Å². The smallest absolute Gasteiger partial charge is 0.320 e. The van der Waals surface area contributed by atoms with E-state index in [9.17, 15) is 9.59 Å². The Morgan fingerprint density at radius 2 is 1.23 bits per heavy atom. The van der Waals surface area contributed by atoms with Crippen LogP contribution in [0.2, 0.25) is 0 Å². The summed E-state index contributed by atoms with van der Waals surface area (Å²) in [4.78, 5) is 26.7. The van der Waals surface area contributed by atoms with Gasteiger partial charge in [-0.2, -0.15) is 0 Å². The molecule has 1 heterocycles. The normalized spacial score (nSPS) is 7.69. The predicted molar refractivity (Wildman–Crippen MR) is 44.3 cm³/mol. The molecule has 0 spiro atoms. The molecule has 0 saturated carbocycles. The van der Waals surface area contributed by atoms with Crippen LogP contribution in [0.4, 0.5) is 9.59 Å². The van der Waals surface area contributed by atoms with Gasteiger partial charge in [0.25, 0.3) is 0 Å². The molecule has 0 radical (unpaired) electrons. The van der Waals surface area contributed by atoms with Crippen molar-refractivity contribution >= 4 is 12.1 Å². The zero-order valence-electron chi connectivity index (χ0n) is 6.68. The topological polar surface area (TPSA) is 124 Å². The summed E-state index contributed by atoms with van der Waals surface area (Å²) in [5.74, 6) is 0. The van der Waals surface area contributed by atoms with Crippen LogP contribution in [0.15, 0.2) is 24.8 Å². The molecule has 5 N–H and O–H groups in total. The second-order valence-corrected chi connectivity index (χ2v) is 1.75. The maximum absolute atomic E-state index is 9.62. The van der Waals surface area contributed by atoms with Crippen molar-refractivity contribution < 1.29 is 9.59 Å². The van der Waals surface area contributed by atoms with E-state index in [0.717, 1.165) is 0 Å². The number of imide groups is 1. The van der Waals surface area contributed by atoms with Gasteiger partial charge in [-0.3, -0.25) is 15.3 Å². The highest BCUT2D eigenvalue weighted by atomic mass is 16.2. The number of carbonyl (C=O) groups excluding carboxylic acids is 2. The van der Waals surface area contributed by atoms with Gasteiger partial charge < -0.3 is 11.5 Å². The summed E-state index contributed by atoms with van der Waals surface area (Å²) in [5, 5.41) is 1.58. The zero-order valence-corrected chi connectivity index (χ0v) is 6.68. The number of hydrogen-bond donors (Lipinski definition) is 3. The second kappa shape index (κ2) is 6.53. The molecule has 1 rings (SSSR count). The molecule has 0 aliphatic carbocycles. The average molecular weight is 183 g/mol. The quantitative estimate of drug-likeness (QED) is 0.487. The van der Waals surface area contributed by atoms with E-state index in [2.05, 4.69) is 21.4 Å². The predicted octanol–water partition coefficient (Wildman–Crippen LogP) is -0.790. The van der Waals surface area contributed by atoms with Crippen LogP contribution in [0, 0.1) is 0 Å². The first-order chi connectivity index (χ1) is 6.13. The highest BCUT2D eigenvalue weighted by Gasteiger charge is 1.92. The van der Waals surface area contributed by atoms with Crippen LogP contribution in [0.5, 0.6) is 0 Å².